The summed E-state index contributed by atoms with van der Waals surface area (Å²) < 4.78 is 14.6. The quantitative estimate of drug-likeness (QED) is 0.285. The molecule has 0 radical (unpaired) electrons. The summed E-state index contributed by atoms with van der Waals surface area (Å²) in [6.07, 6.45) is 4.15. The summed E-state index contributed by atoms with van der Waals surface area (Å²) in [5, 5.41) is 3.42. The molecule has 0 aliphatic heterocycles. The Kier molecular flexibility index (Phi) is 12.3. The highest BCUT2D eigenvalue weighted by atomic mass is 36.0. The highest BCUT2D eigenvalue weighted by Crippen LogP contribution is 2.28. The van der Waals surface area contributed by atoms with Gasteiger partial charge in [0.25, 0.3) is 0 Å². The average Bonchev–Trinajstić information content (AvgIpc) is 2.67. The van der Waals surface area contributed by atoms with E-state index in [0.717, 1.165) is 46.9 Å². The highest BCUT2D eigenvalue weighted by molar-refractivity contribution is 8.26. The number of hydrogen-bond donors (Lipinski definition) is 2. The van der Waals surface area contributed by atoms with Crippen molar-refractivity contribution in [2.24, 2.45) is 0 Å². The van der Waals surface area contributed by atoms with Crippen molar-refractivity contribution in [3.8, 4) is 5.75 Å². The summed E-state index contributed by atoms with van der Waals surface area (Å²) in [5.41, 5.74) is 9.88. The molecule has 1 heterocycles. The second-order valence-corrected chi connectivity index (χ2v) is 9.06. The van der Waals surface area contributed by atoms with Gasteiger partial charge in [0.15, 0.2) is 0 Å². The molecule has 0 unspecified atom stereocenters. The molecule has 6 nitrogen and oxygen atoms in total. The minimum absolute atomic E-state index is 0.295. The van der Waals surface area contributed by atoms with E-state index in [4.69, 9.17) is 26.3 Å². The minimum Gasteiger partial charge on any atom is -0.496 e. The number of aromatic nitrogens is 2. The van der Waals surface area contributed by atoms with Crippen LogP contribution in [0.15, 0.2) is 18.2 Å². The molecule has 0 atom stereocenters. The third-order valence-electron chi connectivity index (χ3n) is 4.18. The SMILES string of the molecule is CCCCCNc1nc(N)nc(C)c1Cc1ccc(CCl)cc1OC.O=S(Cl)Cl. The first kappa shape index (κ1) is 25.8. The molecule has 1 aromatic heterocycles. The van der Waals surface area contributed by atoms with Crippen LogP contribution in [0.4, 0.5) is 11.8 Å². The number of aryl methyl sites for hydroxylation is 1. The van der Waals surface area contributed by atoms with Crippen molar-refractivity contribution in [2.75, 3.05) is 24.7 Å². The monoisotopic (exact) mass is 480 g/mol. The molecule has 0 spiro atoms. The first-order valence-corrected chi connectivity index (χ1v) is 12.5. The van der Waals surface area contributed by atoms with Gasteiger partial charge in [0.05, 0.1) is 7.11 Å². The molecule has 2 rings (SSSR count). The summed E-state index contributed by atoms with van der Waals surface area (Å²) in [5.74, 6) is 2.39. The first-order chi connectivity index (χ1) is 13.8. The van der Waals surface area contributed by atoms with E-state index in [1.165, 1.54) is 12.8 Å². The lowest BCUT2D eigenvalue weighted by molar-refractivity contribution is 0.410. The lowest BCUT2D eigenvalue weighted by Gasteiger charge is -2.16. The molecule has 0 bridgehead atoms. The van der Waals surface area contributed by atoms with Gasteiger partial charge in [-0.3, -0.25) is 0 Å². The Morgan fingerprint density at radius 1 is 1.24 bits per heavy atom. The van der Waals surface area contributed by atoms with Gasteiger partial charge in [-0.25, -0.2) is 9.19 Å². The Morgan fingerprint density at radius 2 is 1.93 bits per heavy atom. The van der Waals surface area contributed by atoms with E-state index >= 15 is 0 Å². The van der Waals surface area contributed by atoms with E-state index < -0.39 is 9.23 Å². The Morgan fingerprint density at radius 3 is 2.52 bits per heavy atom. The molecular formula is C19H27Cl3N4O2S. The summed E-state index contributed by atoms with van der Waals surface area (Å²) in [4.78, 5) is 8.74. The maximum absolute atomic E-state index is 9.09. The van der Waals surface area contributed by atoms with Crippen molar-refractivity contribution >= 4 is 54.0 Å². The number of alkyl halides is 1. The van der Waals surface area contributed by atoms with Gasteiger partial charge in [-0.05, 0) is 30.5 Å². The van der Waals surface area contributed by atoms with E-state index in [0.29, 0.717) is 18.2 Å². The molecule has 2 aromatic rings. The number of rotatable bonds is 9. The number of ether oxygens (including phenoxy) is 1. The molecule has 0 saturated carbocycles. The molecular weight excluding hydrogens is 455 g/mol. The van der Waals surface area contributed by atoms with E-state index in [9.17, 15) is 0 Å². The smallest absolute Gasteiger partial charge is 0.222 e. The van der Waals surface area contributed by atoms with E-state index in [1.54, 1.807) is 7.11 Å². The van der Waals surface area contributed by atoms with Gasteiger partial charge >= 0.3 is 0 Å². The van der Waals surface area contributed by atoms with Crippen LogP contribution in [0.2, 0.25) is 0 Å². The standard InChI is InChI=1S/C19H27ClN4O.Cl2OS/c1-4-5-6-9-22-18-16(13(2)23-19(21)24-18)11-15-8-7-14(12-20)10-17(15)25-3;1-4(2)3/h7-8,10H,4-6,9,11-12H2,1-3H3,(H3,21,22,23,24);. The largest absolute Gasteiger partial charge is 0.496 e. The zero-order valence-corrected chi connectivity index (χ0v) is 19.9. The predicted octanol–water partition coefficient (Wildman–Crippen LogP) is 5.35. The fourth-order valence-corrected chi connectivity index (χ4v) is 2.93. The van der Waals surface area contributed by atoms with Gasteiger partial charge < -0.3 is 15.8 Å². The normalized spacial score (nSPS) is 10.4. The molecule has 162 valence electrons. The zero-order valence-electron chi connectivity index (χ0n) is 16.8. The van der Waals surface area contributed by atoms with Crippen molar-refractivity contribution in [2.45, 2.75) is 45.4 Å². The Bertz CT molecular complexity index is 805. The van der Waals surface area contributed by atoms with Crippen LogP contribution in [0.5, 0.6) is 5.75 Å². The Labute approximate surface area is 189 Å². The van der Waals surface area contributed by atoms with Crippen molar-refractivity contribution in [3.05, 3.63) is 40.6 Å². The molecule has 0 fully saturated rings. The summed E-state index contributed by atoms with van der Waals surface area (Å²) in [6, 6.07) is 6.05. The molecule has 0 aliphatic rings. The van der Waals surface area contributed by atoms with Crippen molar-refractivity contribution in [3.63, 3.8) is 0 Å². The summed E-state index contributed by atoms with van der Waals surface area (Å²) in [6.45, 7) is 5.03. The summed E-state index contributed by atoms with van der Waals surface area (Å²) in [7, 11) is 9.03. The van der Waals surface area contributed by atoms with Gasteiger partial charge in [-0.15, -0.1) is 11.6 Å². The minimum atomic E-state index is -1.67. The first-order valence-electron chi connectivity index (χ1n) is 9.15. The third-order valence-corrected chi connectivity index (χ3v) is 4.49. The lowest BCUT2D eigenvalue weighted by atomic mass is 10.0. The Hall–Kier alpha value is -1.28. The zero-order chi connectivity index (χ0) is 21.8. The fourth-order valence-electron chi connectivity index (χ4n) is 2.77. The number of nitrogen functional groups attached to an aromatic ring is 1. The van der Waals surface area contributed by atoms with E-state index in [2.05, 4.69) is 43.6 Å². The second kappa shape index (κ2) is 13.9. The van der Waals surface area contributed by atoms with Gasteiger partial charge in [0.2, 0.25) is 15.2 Å². The van der Waals surface area contributed by atoms with Crippen LogP contribution in [-0.2, 0) is 21.5 Å². The summed E-state index contributed by atoms with van der Waals surface area (Å²) >= 11 is 5.92. The van der Waals surface area contributed by atoms with Crippen LogP contribution in [0.3, 0.4) is 0 Å². The number of nitrogens with one attached hydrogen (secondary N) is 1. The van der Waals surface area contributed by atoms with Crippen LogP contribution < -0.4 is 15.8 Å². The molecule has 0 aliphatic carbocycles. The maximum atomic E-state index is 9.09. The lowest BCUT2D eigenvalue weighted by Crippen LogP contribution is -2.11. The molecule has 10 heteroatoms. The molecule has 0 amide bonds. The third kappa shape index (κ3) is 9.38. The fraction of sp³-hybridized carbons (Fsp3) is 0.474. The van der Waals surface area contributed by atoms with Crippen molar-refractivity contribution in [1.29, 1.82) is 0 Å². The number of halogens is 3. The van der Waals surface area contributed by atoms with Crippen molar-refractivity contribution in [1.82, 2.24) is 9.97 Å². The number of nitrogens with two attached hydrogens (primary N) is 1. The predicted molar refractivity (Wildman–Crippen MR) is 124 cm³/mol. The molecule has 29 heavy (non-hydrogen) atoms. The Balaban J connectivity index is 0.000000960. The van der Waals surface area contributed by atoms with E-state index in [1.807, 2.05) is 25.1 Å². The van der Waals surface area contributed by atoms with Crippen molar-refractivity contribution < 1.29 is 8.95 Å². The average molecular weight is 482 g/mol. The highest BCUT2D eigenvalue weighted by Gasteiger charge is 2.14. The van der Waals surface area contributed by atoms with Crippen LogP contribution in [0.1, 0.15) is 48.6 Å². The second-order valence-electron chi connectivity index (χ2n) is 6.27. The van der Waals surface area contributed by atoms with E-state index in [-0.39, 0.29) is 0 Å². The molecule has 1 aromatic carbocycles. The number of benzene rings is 1. The van der Waals surface area contributed by atoms with Crippen LogP contribution in [0.25, 0.3) is 0 Å². The van der Waals surface area contributed by atoms with Crippen LogP contribution in [-0.4, -0.2) is 27.8 Å². The molecule has 0 saturated heterocycles. The van der Waals surface area contributed by atoms with Crippen LogP contribution in [0, 0.1) is 6.92 Å². The van der Waals surface area contributed by atoms with Crippen LogP contribution >= 0.6 is 33.0 Å². The van der Waals surface area contributed by atoms with Gasteiger partial charge in [-0.2, -0.15) is 4.98 Å². The maximum Gasteiger partial charge on any atom is 0.222 e. The van der Waals surface area contributed by atoms with Gasteiger partial charge in [0, 0.05) is 51.5 Å². The number of unbranched alkanes of at least 4 members (excludes halogenated alkanes) is 2. The topological polar surface area (TPSA) is 90.1 Å². The van der Waals surface area contributed by atoms with Gasteiger partial charge in [-0.1, -0.05) is 31.9 Å². The number of hydrogen-bond acceptors (Lipinski definition) is 6. The molecule has 3 N–H and O–H groups in total. The number of nitrogens with zero attached hydrogens (tertiary/aromatic N) is 2. The number of anilines is 2. The number of methoxy groups -OCH3 is 1. The van der Waals surface area contributed by atoms with Gasteiger partial charge in [0.1, 0.15) is 11.6 Å².